The highest BCUT2D eigenvalue weighted by Gasteiger charge is 2.25. The van der Waals surface area contributed by atoms with Crippen molar-refractivity contribution in [3.63, 3.8) is 0 Å². The molecule has 3 aromatic heterocycles. The molecule has 4 heterocycles. The number of aromatic nitrogens is 5. The van der Waals surface area contributed by atoms with Crippen LogP contribution in [0.4, 0.5) is 21.8 Å². The van der Waals surface area contributed by atoms with Crippen molar-refractivity contribution in [1.82, 2.24) is 24.7 Å². The molecule has 0 amide bonds. The minimum absolute atomic E-state index is 0.109. The highest BCUT2D eigenvalue weighted by atomic mass is 19.1. The molecule has 0 spiro atoms. The predicted octanol–water partition coefficient (Wildman–Crippen LogP) is 2.28. The number of hydrogen-bond donors (Lipinski definition) is 2. The van der Waals surface area contributed by atoms with E-state index in [1.807, 2.05) is 6.20 Å². The molecule has 9 nitrogen and oxygen atoms in total. The van der Waals surface area contributed by atoms with Crippen molar-refractivity contribution in [2.75, 3.05) is 29.9 Å². The number of anilines is 3. The molecular formula is C20H21FN8O. The third-order valence-electron chi connectivity index (χ3n) is 4.80. The molecule has 0 bridgehead atoms. The quantitative estimate of drug-likeness (QED) is 0.612. The van der Waals surface area contributed by atoms with Gasteiger partial charge in [-0.1, -0.05) is 0 Å². The Morgan fingerprint density at radius 2 is 2.23 bits per heavy atom. The lowest BCUT2D eigenvalue weighted by molar-refractivity contribution is 0.277. The lowest BCUT2D eigenvalue weighted by Crippen LogP contribution is -2.22. The highest BCUT2D eigenvalue weighted by molar-refractivity contribution is 5.67. The fourth-order valence-corrected chi connectivity index (χ4v) is 3.33. The number of aliphatic hydroxyl groups is 1. The first kappa shape index (κ1) is 19.7. The molecule has 0 unspecified atom stereocenters. The van der Waals surface area contributed by atoms with Crippen molar-refractivity contribution in [2.24, 2.45) is 0 Å². The van der Waals surface area contributed by atoms with Crippen LogP contribution in [0.1, 0.15) is 18.4 Å². The van der Waals surface area contributed by atoms with E-state index in [4.69, 9.17) is 5.11 Å². The molecule has 1 aliphatic rings. The topological polar surface area (TPSA) is 116 Å². The Hall–Kier alpha value is -3.58. The van der Waals surface area contributed by atoms with Crippen LogP contribution in [0.5, 0.6) is 0 Å². The van der Waals surface area contributed by atoms with Gasteiger partial charge in [-0.25, -0.2) is 19.3 Å². The minimum Gasteiger partial charge on any atom is -0.396 e. The summed E-state index contributed by atoms with van der Waals surface area (Å²) >= 11 is 0. The molecule has 2 N–H and O–H groups in total. The van der Waals surface area contributed by atoms with Gasteiger partial charge in [0.2, 0.25) is 5.95 Å². The number of alkyl halides is 1. The van der Waals surface area contributed by atoms with Crippen LogP contribution < -0.4 is 10.2 Å². The van der Waals surface area contributed by atoms with E-state index in [0.29, 0.717) is 54.5 Å². The molecule has 154 valence electrons. The molecule has 30 heavy (non-hydrogen) atoms. The number of pyridine rings is 1. The number of hydrogen-bond acceptors (Lipinski definition) is 8. The van der Waals surface area contributed by atoms with E-state index in [0.717, 1.165) is 5.69 Å². The second-order valence-corrected chi connectivity index (χ2v) is 7.00. The predicted molar refractivity (Wildman–Crippen MR) is 109 cm³/mol. The number of halogens is 1. The van der Waals surface area contributed by atoms with Crippen LogP contribution in [0.3, 0.4) is 0 Å². The Bertz CT molecular complexity index is 1060. The third kappa shape index (κ3) is 4.36. The molecule has 0 aliphatic carbocycles. The summed E-state index contributed by atoms with van der Waals surface area (Å²) in [5.74, 6) is 0.890. The summed E-state index contributed by atoms with van der Waals surface area (Å²) in [7, 11) is 0. The molecule has 3 aromatic rings. The standard InChI is InChI=1S/C20H21FN8O/c21-16-3-6-28(12-16)19-14(9-22)8-15(10-24-19)18-2-4-23-20(27-18)26-17-11-25-29(13-17)5-1-7-30/h2,4,8,10-11,13,16,30H,1,3,5-7,12H2,(H,23,26,27)/t16-/m0/s1. The maximum absolute atomic E-state index is 13.5. The fraction of sp³-hybridized carbons (Fsp3) is 0.350. The molecule has 1 fully saturated rings. The van der Waals surface area contributed by atoms with Gasteiger partial charge in [0.1, 0.15) is 18.1 Å². The Morgan fingerprint density at radius 1 is 1.33 bits per heavy atom. The summed E-state index contributed by atoms with van der Waals surface area (Å²) in [4.78, 5) is 14.9. The van der Waals surface area contributed by atoms with Crippen LogP contribution in [0.15, 0.2) is 36.9 Å². The zero-order valence-corrected chi connectivity index (χ0v) is 16.2. The summed E-state index contributed by atoms with van der Waals surface area (Å²) in [5, 5.41) is 25.8. The van der Waals surface area contributed by atoms with E-state index in [2.05, 4.69) is 31.4 Å². The van der Waals surface area contributed by atoms with Crippen LogP contribution >= 0.6 is 0 Å². The number of rotatable bonds is 7. The van der Waals surface area contributed by atoms with Crippen LogP contribution in [0, 0.1) is 11.3 Å². The number of nitrogens with zero attached hydrogens (tertiary/aromatic N) is 7. The van der Waals surface area contributed by atoms with Crippen LogP contribution in [0.2, 0.25) is 0 Å². The molecule has 1 atom stereocenters. The van der Waals surface area contributed by atoms with Crippen molar-refractivity contribution in [3.05, 3.63) is 42.5 Å². The van der Waals surface area contributed by atoms with Gasteiger partial charge in [-0.2, -0.15) is 10.4 Å². The van der Waals surface area contributed by atoms with E-state index >= 15 is 0 Å². The van der Waals surface area contributed by atoms with E-state index in [-0.39, 0.29) is 13.2 Å². The first-order valence-corrected chi connectivity index (χ1v) is 9.69. The summed E-state index contributed by atoms with van der Waals surface area (Å²) in [5.41, 5.74) is 2.40. The lowest BCUT2D eigenvalue weighted by atomic mass is 10.1. The highest BCUT2D eigenvalue weighted by Crippen LogP contribution is 2.27. The first-order valence-electron chi connectivity index (χ1n) is 9.69. The average Bonchev–Trinajstić information content (AvgIpc) is 3.40. The molecule has 1 saturated heterocycles. The van der Waals surface area contributed by atoms with Gasteiger partial charge < -0.3 is 15.3 Å². The number of aliphatic hydroxyl groups excluding tert-OH is 1. The van der Waals surface area contributed by atoms with Gasteiger partial charge in [-0.15, -0.1) is 0 Å². The third-order valence-corrected chi connectivity index (χ3v) is 4.80. The van der Waals surface area contributed by atoms with Crippen LogP contribution in [-0.4, -0.2) is 55.7 Å². The summed E-state index contributed by atoms with van der Waals surface area (Å²) < 4.78 is 15.3. The van der Waals surface area contributed by atoms with Crippen molar-refractivity contribution in [3.8, 4) is 17.3 Å². The van der Waals surface area contributed by atoms with Gasteiger partial charge in [0.05, 0.1) is 29.7 Å². The average molecular weight is 408 g/mol. The summed E-state index contributed by atoms with van der Waals surface area (Å²) in [6, 6.07) is 5.61. The monoisotopic (exact) mass is 408 g/mol. The maximum Gasteiger partial charge on any atom is 0.227 e. The number of nitrogens with one attached hydrogen (secondary N) is 1. The summed E-state index contributed by atoms with van der Waals surface area (Å²) in [6.45, 7) is 1.54. The smallest absolute Gasteiger partial charge is 0.227 e. The molecule has 10 heteroatoms. The first-order chi connectivity index (χ1) is 14.7. The SMILES string of the molecule is N#Cc1cc(-c2ccnc(Nc3cnn(CCCO)c3)n2)cnc1N1CC[C@H](F)C1. The Balaban J connectivity index is 1.53. The second kappa shape index (κ2) is 8.84. The molecule has 0 aromatic carbocycles. The largest absolute Gasteiger partial charge is 0.396 e. The van der Waals surface area contributed by atoms with Gasteiger partial charge >= 0.3 is 0 Å². The van der Waals surface area contributed by atoms with Crippen LogP contribution in [-0.2, 0) is 6.54 Å². The Kier molecular flexibility index (Phi) is 5.81. The van der Waals surface area contributed by atoms with Crippen molar-refractivity contribution >= 4 is 17.5 Å². The summed E-state index contributed by atoms with van der Waals surface area (Å²) in [6.07, 6.45) is 6.92. The van der Waals surface area contributed by atoms with Crippen molar-refractivity contribution < 1.29 is 9.50 Å². The van der Waals surface area contributed by atoms with E-state index in [1.165, 1.54) is 0 Å². The van der Waals surface area contributed by atoms with Crippen LogP contribution in [0.25, 0.3) is 11.3 Å². The Labute approximate surface area is 172 Å². The molecule has 1 aliphatic heterocycles. The van der Waals surface area contributed by atoms with Gasteiger partial charge in [0.15, 0.2) is 0 Å². The van der Waals surface area contributed by atoms with E-state index in [9.17, 15) is 9.65 Å². The maximum atomic E-state index is 13.5. The van der Waals surface area contributed by atoms with Gasteiger partial charge in [0.25, 0.3) is 0 Å². The lowest BCUT2D eigenvalue weighted by Gasteiger charge is -2.18. The van der Waals surface area contributed by atoms with Gasteiger partial charge in [0, 0.05) is 43.9 Å². The second-order valence-electron chi connectivity index (χ2n) is 7.00. The van der Waals surface area contributed by atoms with Crippen molar-refractivity contribution in [1.29, 1.82) is 5.26 Å². The fourth-order valence-electron chi connectivity index (χ4n) is 3.33. The zero-order valence-electron chi connectivity index (χ0n) is 16.2. The number of aryl methyl sites for hydroxylation is 1. The molecule has 0 saturated carbocycles. The normalized spacial score (nSPS) is 15.9. The van der Waals surface area contributed by atoms with E-state index in [1.54, 1.807) is 40.3 Å². The number of nitriles is 1. The minimum atomic E-state index is -0.887. The zero-order chi connectivity index (χ0) is 20.9. The van der Waals surface area contributed by atoms with Gasteiger partial charge in [-0.05, 0) is 25.0 Å². The van der Waals surface area contributed by atoms with Gasteiger partial charge in [-0.3, -0.25) is 4.68 Å². The van der Waals surface area contributed by atoms with E-state index < -0.39 is 6.17 Å². The van der Waals surface area contributed by atoms with Crippen molar-refractivity contribution in [2.45, 2.75) is 25.6 Å². The molecule has 0 radical (unpaired) electrons. The Morgan fingerprint density at radius 3 is 3.00 bits per heavy atom. The molecular weight excluding hydrogens is 387 g/mol. The molecule has 4 rings (SSSR count).